The summed E-state index contributed by atoms with van der Waals surface area (Å²) in [5.41, 5.74) is 4.90. The molecule has 4 atom stereocenters. The van der Waals surface area contributed by atoms with Gasteiger partial charge in [0.1, 0.15) is 5.82 Å². The first kappa shape index (κ1) is 23.3. The molecule has 2 aliphatic heterocycles. The molecular formula is C27H32F2N6O. The number of carbonyl (C=O) groups is 1. The zero-order valence-corrected chi connectivity index (χ0v) is 20.8. The lowest BCUT2D eigenvalue weighted by Gasteiger charge is -2.22. The quantitative estimate of drug-likeness (QED) is 0.596. The number of anilines is 1. The van der Waals surface area contributed by atoms with E-state index in [9.17, 15) is 13.6 Å². The van der Waals surface area contributed by atoms with E-state index < -0.39 is 17.8 Å². The van der Waals surface area contributed by atoms with Gasteiger partial charge >= 0.3 is 0 Å². The van der Waals surface area contributed by atoms with Crippen LogP contribution in [0.2, 0.25) is 0 Å². The number of piperidine rings is 1. The molecule has 1 N–H and O–H groups in total. The van der Waals surface area contributed by atoms with Gasteiger partial charge in [0, 0.05) is 37.1 Å². The van der Waals surface area contributed by atoms with Gasteiger partial charge in [-0.15, -0.1) is 0 Å². The summed E-state index contributed by atoms with van der Waals surface area (Å²) in [6.45, 7) is 5.46. The van der Waals surface area contributed by atoms with Crippen LogP contribution < -0.4 is 10.2 Å². The molecule has 0 radical (unpaired) electrons. The van der Waals surface area contributed by atoms with Crippen molar-refractivity contribution in [3.05, 3.63) is 52.6 Å². The highest BCUT2D eigenvalue weighted by Crippen LogP contribution is 2.59. The minimum Gasteiger partial charge on any atom is -0.356 e. The number of aryl methyl sites for hydroxylation is 1. The van der Waals surface area contributed by atoms with Crippen molar-refractivity contribution in [2.24, 2.45) is 22.7 Å². The summed E-state index contributed by atoms with van der Waals surface area (Å²) in [6.07, 6.45) is 10.3. The van der Waals surface area contributed by atoms with Crippen molar-refractivity contribution < 1.29 is 13.6 Å². The Hall–Kier alpha value is -3.10. The van der Waals surface area contributed by atoms with Gasteiger partial charge in [-0.25, -0.2) is 13.8 Å². The van der Waals surface area contributed by atoms with Crippen molar-refractivity contribution in [2.75, 3.05) is 18.0 Å². The van der Waals surface area contributed by atoms with E-state index in [1.165, 1.54) is 5.57 Å². The highest BCUT2D eigenvalue weighted by Gasteiger charge is 2.71. The third-order valence-electron chi connectivity index (χ3n) is 8.25. The monoisotopic (exact) mass is 494 g/mol. The molecular weight excluding hydrogens is 462 g/mol. The minimum absolute atomic E-state index is 0.0334. The Bertz CT molecular complexity index is 1240. The Morgan fingerprint density at radius 1 is 1.22 bits per heavy atom. The number of carbonyl (C=O) groups excluding carboxylic acids is 1. The SMILES string of the molecule is CCCC1C=NC2=C1CC[C@H]2NC(=O)c1cnn(Cc2ccc(N3CC4C(C3)C4(F)F)nc2CC)c1. The fourth-order valence-corrected chi connectivity index (χ4v) is 6.12. The Morgan fingerprint density at radius 2 is 2.03 bits per heavy atom. The molecule has 1 saturated carbocycles. The van der Waals surface area contributed by atoms with Gasteiger partial charge in [0.15, 0.2) is 0 Å². The van der Waals surface area contributed by atoms with Crippen molar-refractivity contribution in [1.82, 2.24) is 20.1 Å². The van der Waals surface area contributed by atoms with Gasteiger partial charge in [-0.05, 0) is 42.9 Å². The molecule has 0 aromatic carbocycles. The van der Waals surface area contributed by atoms with E-state index in [0.717, 1.165) is 54.9 Å². The van der Waals surface area contributed by atoms with E-state index in [0.29, 0.717) is 31.1 Å². The maximum Gasteiger partial charge on any atom is 0.258 e. The summed E-state index contributed by atoms with van der Waals surface area (Å²) < 4.78 is 28.9. The summed E-state index contributed by atoms with van der Waals surface area (Å²) in [5.74, 6) is -2.49. The molecule has 3 unspecified atom stereocenters. The number of fused-ring (bicyclic) bond motifs is 1. The van der Waals surface area contributed by atoms with Crippen molar-refractivity contribution in [2.45, 2.75) is 64.5 Å². The molecule has 0 spiro atoms. The van der Waals surface area contributed by atoms with E-state index in [-0.39, 0.29) is 11.9 Å². The predicted octanol–water partition coefficient (Wildman–Crippen LogP) is 4.24. The number of hydrogen-bond donors (Lipinski definition) is 1. The van der Waals surface area contributed by atoms with Crippen LogP contribution >= 0.6 is 0 Å². The molecule has 9 heteroatoms. The summed E-state index contributed by atoms with van der Waals surface area (Å²) in [4.78, 5) is 24.3. The van der Waals surface area contributed by atoms with E-state index in [2.05, 4.69) is 22.3 Å². The van der Waals surface area contributed by atoms with Crippen LogP contribution in [0.15, 0.2) is 40.8 Å². The number of halogens is 2. The van der Waals surface area contributed by atoms with Gasteiger partial charge < -0.3 is 10.2 Å². The second kappa shape index (κ2) is 8.78. The van der Waals surface area contributed by atoms with Gasteiger partial charge in [0.05, 0.1) is 41.9 Å². The number of alkyl halides is 2. The summed E-state index contributed by atoms with van der Waals surface area (Å²) in [5, 5.41) is 7.56. The lowest BCUT2D eigenvalue weighted by molar-refractivity contribution is 0.0796. The number of pyridine rings is 1. The zero-order valence-electron chi connectivity index (χ0n) is 20.8. The topological polar surface area (TPSA) is 75.4 Å². The van der Waals surface area contributed by atoms with Crippen LogP contribution in [0.4, 0.5) is 14.6 Å². The van der Waals surface area contributed by atoms with Gasteiger partial charge in [-0.1, -0.05) is 26.3 Å². The predicted molar refractivity (Wildman–Crippen MR) is 133 cm³/mol. The first-order valence-electron chi connectivity index (χ1n) is 13.1. The van der Waals surface area contributed by atoms with Gasteiger partial charge in [-0.2, -0.15) is 5.10 Å². The van der Waals surface area contributed by atoms with Gasteiger partial charge in [0.25, 0.3) is 11.8 Å². The smallest absolute Gasteiger partial charge is 0.258 e. The molecule has 1 saturated heterocycles. The Balaban J connectivity index is 1.10. The maximum atomic E-state index is 13.6. The second-order valence-corrected chi connectivity index (χ2v) is 10.5. The average molecular weight is 495 g/mol. The number of hydrogen-bond acceptors (Lipinski definition) is 5. The molecule has 7 nitrogen and oxygen atoms in total. The van der Waals surface area contributed by atoms with Crippen molar-refractivity contribution >= 4 is 17.9 Å². The lowest BCUT2D eigenvalue weighted by Crippen LogP contribution is -2.34. The third-order valence-corrected chi connectivity index (χ3v) is 8.25. The number of amides is 1. The lowest BCUT2D eigenvalue weighted by atomic mass is 9.96. The number of aliphatic imine (C=N–C) groups is 1. The van der Waals surface area contributed by atoms with Crippen LogP contribution in [0.1, 0.15) is 61.1 Å². The number of aromatic nitrogens is 3. The fourth-order valence-electron chi connectivity index (χ4n) is 6.12. The molecule has 4 heterocycles. The van der Waals surface area contributed by atoms with Crippen LogP contribution in [0.3, 0.4) is 0 Å². The molecule has 2 aromatic rings. The average Bonchev–Trinajstić information content (AvgIpc) is 3.51. The van der Waals surface area contributed by atoms with E-state index in [1.807, 2.05) is 30.2 Å². The summed E-state index contributed by atoms with van der Waals surface area (Å²) >= 11 is 0. The molecule has 2 fully saturated rings. The maximum absolute atomic E-state index is 13.6. The number of rotatable bonds is 8. The second-order valence-electron chi connectivity index (χ2n) is 10.5. The van der Waals surface area contributed by atoms with E-state index >= 15 is 0 Å². The Kier molecular flexibility index (Phi) is 5.68. The van der Waals surface area contributed by atoms with Crippen LogP contribution in [-0.4, -0.2) is 51.9 Å². The highest BCUT2D eigenvalue weighted by molar-refractivity contribution is 5.94. The Labute approximate surface area is 209 Å². The number of allylic oxidation sites excluding steroid dienone is 1. The first-order chi connectivity index (χ1) is 17.4. The van der Waals surface area contributed by atoms with Crippen LogP contribution in [0, 0.1) is 17.8 Å². The van der Waals surface area contributed by atoms with Crippen molar-refractivity contribution in [3.8, 4) is 0 Å². The summed E-state index contributed by atoms with van der Waals surface area (Å²) in [7, 11) is 0. The van der Waals surface area contributed by atoms with Crippen LogP contribution in [0.5, 0.6) is 0 Å². The number of nitrogens with one attached hydrogen (secondary N) is 1. The van der Waals surface area contributed by atoms with E-state index in [1.54, 1.807) is 17.1 Å². The van der Waals surface area contributed by atoms with Crippen molar-refractivity contribution in [3.63, 3.8) is 0 Å². The third kappa shape index (κ3) is 3.92. The van der Waals surface area contributed by atoms with Crippen LogP contribution in [-0.2, 0) is 13.0 Å². The van der Waals surface area contributed by atoms with Crippen LogP contribution in [0.25, 0.3) is 0 Å². The summed E-state index contributed by atoms with van der Waals surface area (Å²) in [6, 6.07) is 3.88. The molecule has 6 rings (SSSR count). The molecule has 2 aromatic heterocycles. The molecule has 0 bridgehead atoms. The fraction of sp³-hybridized carbons (Fsp3) is 0.556. The minimum atomic E-state index is -2.49. The van der Waals surface area contributed by atoms with E-state index in [4.69, 9.17) is 4.98 Å². The molecule has 2 aliphatic carbocycles. The molecule has 36 heavy (non-hydrogen) atoms. The van der Waals surface area contributed by atoms with Gasteiger partial charge in [-0.3, -0.25) is 14.5 Å². The standard InChI is InChI=1S/C27H32F2N6O/c1-3-5-16-10-30-25-19(16)7-8-23(25)33-26(36)18-11-31-35(13-18)12-17-6-9-24(32-22(17)4-2)34-14-20-21(15-34)27(20,28)29/h6,9-11,13,16,20-21,23H,3-5,7-8,12,14-15H2,1-2H3,(H,33,36)/t16?,20?,21?,23-/m1/s1. The first-order valence-corrected chi connectivity index (χ1v) is 13.1. The molecule has 4 aliphatic rings. The van der Waals surface area contributed by atoms with Gasteiger partial charge in [0.2, 0.25) is 0 Å². The zero-order chi connectivity index (χ0) is 25.0. The highest BCUT2D eigenvalue weighted by atomic mass is 19.3. The van der Waals surface area contributed by atoms with Crippen molar-refractivity contribution in [1.29, 1.82) is 0 Å². The largest absolute Gasteiger partial charge is 0.356 e. The molecule has 1 amide bonds. The number of nitrogens with zero attached hydrogens (tertiary/aromatic N) is 5. The normalized spacial score (nSPS) is 27.5. The Morgan fingerprint density at radius 3 is 2.78 bits per heavy atom. The molecule has 190 valence electrons.